The predicted octanol–water partition coefficient (Wildman–Crippen LogP) is 1.06. The summed E-state index contributed by atoms with van der Waals surface area (Å²) in [6.07, 6.45) is 5.61. The lowest BCUT2D eigenvalue weighted by atomic mass is 9.84. The molecule has 0 unspecified atom stereocenters. The summed E-state index contributed by atoms with van der Waals surface area (Å²) in [5.74, 6) is 0.558. The molecule has 140 valence electrons. The van der Waals surface area contributed by atoms with Crippen LogP contribution in [0.1, 0.15) is 39.0 Å². The molecule has 1 amide bonds. The zero-order valence-electron chi connectivity index (χ0n) is 15.5. The number of likely N-dealkylation sites (N-methyl/N-ethyl adjacent to an activating group) is 1. The molecule has 3 fully saturated rings. The van der Waals surface area contributed by atoms with E-state index in [0.29, 0.717) is 5.92 Å². The third kappa shape index (κ3) is 4.98. The fourth-order valence-corrected chi connectivity index (χ4v) is 4.13. The summed E-state index contributed by atoms with van der Waals surface area (Å²) < 4.78 is 7.07. The number of anilines is 1. The van der Waals surface area contributed by atoms with Gasteiger partial charge in [-0.05, 0) is 18.6 Å². The number of carbonyl (C=O) groups is 1. The molecule has 4 nitrogen and oxygen atoms in total. The standard InChI is InChI=1S/C20H31N2O2.BrH/c1-3-4-8-13-21(18-9-6-5-7-10-18)20(23)24-19-16-22(2)14-11-17(19)12-15-22;/h5-7,9-10,17,19H,3-4,8,11-16H2,1-2H3;1H/q+1;/p-1/t17?,19-,22?;/m0./s1. The number of carbonyl (C=O) groups excluding carboxylic acids is 1. The molecule has 3 saturated heterocycles. The van der Waals surface area contributed by atoms with Crippen molar-refractivity contribution in [2.45, 2.75) is 45.1 Å². The third-order valence-corrected chi connectivity index (χ3v) is 5.75. The number of hydrogen-bond acceptors (Lipinski definition) is 2. The van der Waals surface area contributed by atoms with Crippen LogP contribution < -0.4 is 21.9 Å². The summed E-state index contributed by atoms with van der Waals surface area (Å²) in [5.41, 5.74) is 0.945. The second-order valence-corrected chi connectivity index (χ2v) is 7.70. The molecule has 0 spiro atoms. The van der Waals surface area contributed by atoms with Crippen molar-refractivity contribution in [1.29, 1.82) is 0 Å². The van der Waals surface area contributed by atoms with Gasteiger partial charge in [0.1, 0.15) is 6.54 Å². The van der Waals surface area contributed by atoms with Crippen LogP contribution in [0, 0.1) is 5.92 Å². The van der Waals surface area contributed by atoms with Gasteiger partial charge in [-0.1, -0.05) is 38.0 Å². The van der Waals surface area contributed by atoms with Crippen LogP contribution in [0.3, 0.4) is 0 Å². The van der Waals surface area contributed by atoms with E-state index < -0.39 is 0 Å². The first kappa shape index (κ1) is 20.2. The maximum absolute atomic E-state index is 12.9. The Morgan fingerprint density at radius 2 is 1.88 bits per heavy atom. The van der Waals surface area contributed by atoms with Gasteiger partial charge in [-0.2, -0.15) is 0 Å². The van der Waals surface area contributed by atoms with E-state index in [0.717, 1.165) is 42.5 Å². The normalized spacial score (nSPS) is 27.4. The molecule has 0 aromatic heterocycles. The van der Waals surface area contributed by atoms with Crippen molar-refractivity contribution < 1.29 is 31.0 Å². The maximum Gasteiger partial charge on any atom is 0.414 e. The number of quaternary nitrogens is 1. The van der Waals surface area contributed by atoms with E-state index >= 15 is 0 Å². The van der Waals surface area contributed by atoms with Gasteiger partial charge in [0.25, 0.3) is 0 Å². The smallest absolute Gasteiger partial charge is 0.414 e. The number of fused-ring (bicyclic) bond motifs is 3. The first-order valence-electron chi connectivity index (χ1n) is 9.48. The third-order valence-electron chi connectivity index (χ3n) is 5.75. The Bertz CT molecular complexity index is 544. The molecule has 0 N–H and O–H groups in total. The topological polar surface area (TPSA) is 29.5 Å². The van der Waals surface area contributed by atoms with Gasteiger partial charge < -0.3 is 26.2 Å². The molecule has 0 aliphatic carbocycles. The van der Waals surface area contributed by atoms with E-state index in [1.54, 1.807) is 0 Å². The molecule has 1 atom stereocenters. The van der Waals surface area contributed by atoms with E-state index in [4.69, 9.17) is 4.74 Å². The van der Waals surface area contributed by atoms with Crippen LogP contribution >= 0.6 is 0 Å². The number of amides is 1. The Labute approximate surface area is 162 Å². The summed E-state index contributed by atoms with van der Waals surface area (Å²) >= 11 is 0. The number of hydrogen-bond donors (Lipinski definition) is 0. The predicted molar refractivity (Wildman–Crippen MR) is 97.1 cm³/mol. The van der Waals surface area contributed by atoms with Crippen LogP contribution in [0.25, 0.3) is 0 Å². The highest BCUT2D eigenvalue weighted by Gasteiger charge is 2.45. The van der Waals surface area contributed by atoms with Crippen molar-refractivity contribution >= 4 is 11.8 Å². The molecule has 0 radical (unpaired) electrons. The molecule has 5 heteroatoms. The largest absolute Gasteiger partial charge is 1.00 e. The molecular formula is C20H31BrN2O2. The van der Waals surface area contributed by atoms with Crippen molar-refractivity contribution in [2.24, 2.45) is 5.92 Å². The molecule has 3 aliphatic rings. The second-order valence-electron chi connectivity index (χ2n) is 7.70. The minimum absolute atomic E-state index is 0. The van der Waals surface area contributed by atoms with Crippen molar-refractivity contribution in [2.75, 3.05) is 38.1 Å². The van der Waals surface area contributed by atoms with E-state index in [-0.39, 0.29) is 29.2 Å². The van der Waals surface area contributed by atoms with E-state index in [2.05, 4.69) is 14.0 Å². The number of benzene rings is 1. The SMILES string of the molecule is CCCCCN(C(=O)O[C@H]1C[N+]2(C)CCC1CC2)c1ccccc1.[Br-]. The average Bonchev–Trinajstić information content (AvgIpc) is 2.59. The molecule has 1 aromatic carbocycles. The number of unbranched alkanes of at least 4 members (excludes halogenated alkanes) is 2. The summed E-state index contributed by atoms with van der Waals surface area (Å²) in [6, 6.07) is 9.94. The Hall–Kier alpha value is -1.07. The summed E-state index contributed by atoms with van der Waals surface area (Å²) in [6.45, 7) is 6.37. The lowest BCUT2D eigenvalue weighted by Crippen LogP contribution is -3.00. The number of rotatable bonds is 6. The summed E-state index contributed by atoms with van der Waals surface area (Å²) in [5, 5.41) is 0. The first-order valence-corrected chi connectivity index (χ1v) is 9.48. The van der Waals surface area contributed by atoms with Crippen LogP contribution in [-0.4, -0.2) is 49.9 Å². The van der Waals surface area contributed by atoms with Crippen molar-refractivity contribution in [3.63, 3.8) is 0 Å². The van der Waals surface area contributed by atoms with Gasteiger partial charge in [0.15, 0.2) is 6.10 Å². The van der Waals surface area contributed by atoms with Gasteiger partial charge in [0.05, 0.1) is 20.1 Å². The van der Waals surface area contributed by atoms with Gasteiger partial charge in [0, 0.05) is 31.0 Å². The molecule has 4 rings (SSSR count). The van der Waals surface area contributed by atoms with Gasteiger partial charge in [-0.3, -0.25) is 4.90 Å². The molecule has 3 heterocycles. The Morgan fingerprint density at radius 3 is 2.48 bits per heavy atom. The lowest BCUT2D eigenvalue weighted by molar-refractivity contribution is -0.928. The maximum atomic E-state index is 12.9. The molecule has 25 heavy (non-hydrogen) atoms. The molecular weight excluding hydrogens is 380 g/mol. The molecule has 3 aliphatic heterocycles. The fourth-order valence-electron chi connectivity index (χ4n) is 4.13. The van der Waals surface area contributed by atoms with E-state index in [1.165, 1.54) is 25.9 Å². The monoisotopic (exact) mass is 410 g/mol. The molecule has 1 aromatic rings. The van der Waals surface area contributed by atoms with Crippen LogP contribution in [-0.2, 0) is 4.74 Å². The highest BCUT2D eigenvalue weighted by molar-refractivity contribution is 5.87. The van der Waals surface area contributed by atoms with E-state index in [1.807, 2.05) is 35.2 Å². The first-order chi connectivity index (χ1) is 11.6. The van der Waals surface area contributed by atoms with Crippen LogP contribution in [0.4, 0.5) is 10.5 Å². The van der Waals surface area contributed by atoms with Crippen LogP contribution in [0.15, 0.2) is 30.3 Å². The van der Waals surface area contributed by atoms with Crippen LogP contribution in [0.5, 0.6) is 0 Å². The highest BCUT2D eigenvalue weighted by atomic mass is 79.9. The Kier molecular flexibility index (Phi) is 7.32. The van der Waals surface area contributed by atoms with Gasteiger partial charge >= 0.3 is 6.09 Å². The summed E-state index contributed by atoms with van der Waals surface area (Å²) in [4.78, 5) is 14.7. The summed E-state index contributed by atoms with van der Waals surface area (Å²) in [7, 11) is 2.30. The van der Waals surface area contributed by atoms with E-state index in [9.17, 15) is 4.79 Å². The minimum Gasteiger partial charge on any atom is -1.00 e. The number of para-hydroxylation sites is 1. The molecule has 2 bridgehead atoms. The zero-order chi connectivity index (χ0) is 17.0. The van der Waals surface area contributed by atoms with Crippen LogP contribution in [0.2, 0.25) is 0 Å². The minimum atomic E-state index is -0.164. The lowest BCUT2D eigenvalue weighted by Gasteiger charge is -2.49. The van der Waals surface area contributed by atoms with Gasteiger partial charge in [0.2, 0.25) is 0 Å². The molecule has 0 saturated carbocycles. The quantitative estimate of drug-likeness (QED) is 0.518. The van der Waals surface area contributed by atoms with Gasteiger partial charge in [-0.25, -0.2) is 4.79 Å². The van der Waals surface area contributed by atoms with Crippen molar-refractivity contribution in [3.05, 3.63) is 30.3 Å². The van der Waals surface area contributed by atoms with Crippen molar-refractivity contribution in [1.82, 2.24) is 0 Å². The van der Waals surface area contributed by atoms with Gasteiger partial charge in [-0.15, -0.1) is 0 Å². The zero-order valence-corrected chi connectivity index (χ0v) is 17.1. The fraction of sp³-hybridized carbons (Fsp3) is 0.650. The highest BCUT2D eigenvalue weighted by Crippen LogP contribution is 2.34. The average molecular weight is 411 g/mol. The number of nitrogens with zero attached hydrogens (tertiary/aromatic N) is 2. The Morgan fingerprint density at radius 1 is 1.20 bits per heavy atom. The number of piperidine rings is 3. The Balaban J connectivity index is 0.00000225. The second kappa shape index (κ2) is 9.04. The number of ether oxygens (including phenoxy) is 1. The number of halogens is 1. The van der Waals surface area contributed by atoms with Crippen molar-refractivity contribution in [3.8, 4) is 0 Å².